The van der Waals surface area contributed by atoms with Crippen LogP contribution in [-0.4, -0.2) is 17.8 Å². The lowest BCUT2D eigenvalue weighted by atomic mass is 10.1. The van der Waals surface area contributed by atoms with Crippen LogP contribution in [0.3, 0.4) is 0 Å². The lowest BCUT2D eigenvalue weighted by Crippen LogP contribution is -2.15. The van der Waals surface area contributed by atoms with Crippen molar-refractivity contribution in [1.29, 1.82) is 0 Å². The maximum absolute atomic E-state index is 9.09. The zero-order valence-electron chi connectivity index (χ0n) is 8.46. The molecule has 13 heavy (non-hydrogen) atoms. The lowest BCUT2D eigenvalue weighted by molar-refractivity contribution is 0.208. The van der Waals surface area contributed by atoms with E-state index in [1.807, 2.05) is 0 Å². The van der Waals surface area contributed by atoms with Gasteiger partial charge < -0.3 is 10.4 Å². The Morgan fingerprint density at radius 2 is 1.77 bits per heavy atom. The summed E-state index contributed by atoms with van der Waals surface area (Å²) in [5, 5.41) is 12.3. The SMILES string of the molecule is Cc1cc(C)cc(NC[C@@H](C)O)c1. The van der Waals surface area contributed by atoms with Crippen LogP contribution in [0.5, 0.6) is 0 Å². The summed E-state index contributed by atoms with van der Waals surface area (Å²) in [5.74, 6) is 0. The minimum absolute atomic E-state index is 0.305. The van der Waals surface area contributed by atoms with Gasteiger partial charge in [-0.3, -0.25) is 0 Å². The van der Waals surface area contributed by atoms with Gasteiger partial charge in [-0.2, -0.15) is 0 Å². The second-order valence-corrected chi connectivity index (χ2v) is 3.61. The van der Waals surface area contributed by atoms with Crippen LogP contribution in [0.4, 0.5) is 5.69 Å². The maximum Gasteiger partial charge on any atom is 0.0684 e. The van der Waals surface area contributed by atoms with E-state index in [-0.39, 0.29) is 6.10 Å². The molecule has 1 aromatic carbocycles. The van der Waals surface area contributed by atoms with E-state index in [9.17, 15) is 0 Å². The first-order valence-corrected chi connectivity index (χ1v) is 4.58. The number of nitrogens with one attached hydrogen (secondary N) is 1. The van der Waals surface area contributed by atoms with Gasteiger partial charge in [0.25, 0.3) is 0 Å². The average Bonchev–Trinajstić information content (AvgIpc) is 1.99. The van der Waals surface area contributed by atoms with Gasteiger partial charge in [0.1, 0.15) is 0 Å². The van der Waals surface area contributed by atoms with Gasteiger partial charge in [-0.15, -0.1) is 0 Å². The van der Waals surface area contributed by atoms with E-state index in [1.54, 1.807) is 6.92 Å². The number of benzene rings is 1. The van der Waals surface area contributed by atoms with Gasteiger partial charge in [-0.25, -0.2) is 0 Å². The highest BCUT2D eigenvalue weighted by molar-refractivity contribution is 5.48. The van der Waals surface area contributed by atoms with Crippen molar-refractivity contribution >= 4 is 5.69 Å². The van der Waals surface area contributed by atoms with Crippen molar-refractivity contribution in [3.63, 3.8) is 0 Å². The van der Waals surface area contributed by atoms with Gasteiger partial charge >= 0.3 is 0 Å². The van der Waals surface area contributed by atoms with E-state index in [2.05, 4.69) is 37.4 Å². The fourth-order valence-corrected chi connectivity index (χ4v) is 1.34. The summed E-state index contributed by atoms with van der Waals surface area (Å²) < 4.78 is 0. The Balaban J connectivity index is 2.66. The zero-order chi connectivity index (χ0) is 9.84. The van der Waals surface area contributed by atoms with Gasteiger partial charge in [0, 0.05) is 12.2 Å². The molecule has 0 amide bonds. The first-order chi connectivity index (χ1) is 6.08. The van der Waals surface area contributed by atoms with Crippen molar-refractivity contribution in [2.75, 3.05) is 11.9 Å². The topological polar surface area (TPSA) is 32.3 Å². The molecule has 0 saturated carbocycles. The predicted molar refractivity (Wildman–Crippen MR) is 56.1 cm³/mol. The molecule has 0 heterocycles. The second kappa shape index (κ2) is 4.28. The van der Waals surface area contributed by atoms with Crippen LogP contribution in [-0.2, 0) is 0 Å². The molecule has 1 rings (SSSR count). The first-order valence-electron chi connectivity index (χ1n) is 4.58. The molecule has 2 heteroatoms. The van der Waals surface area contributed by atoms with Crippen molar-refractivity contribution in [2.45, 2.75) is 26.9 Å². The first kappa shape index (κ1) is 10.1. The Labute approximate surface area is 79.6 Å². The molecule has 0 aliphatic heterocycles. The second-order valence-electron chi connectivity index (χ2n) is 3.61. The Bertz CT molecular complexity index is 261. The third kappa shape index (κ3) is 3.47. The molecule has 0 aliphatic carbocycles. The normalized spacial score (nSPS) is 12.6. The summed E-state index contributed by atoms with van der Waals surface area (Å²) in [7, 11) is 0. The molecule has 0 saturated heterocycles. The summed E-state index contributed by atoms with van der Waals surface area (Å²) in [5.41, 5.74) is 3.57. The fourth-order valence-electron chi connectivity index (χ4n) is 1.34. The predicted octanol–water partition coefficient (Wildman–Crippen LogP) is 2.10. The highest BCUT2D eigenvalue weighted by Crippen LogP contribution is 2.13. The van der Waals surface area contributed by atoms with E-state index in [0.29, 0.717) is 6.54 Å². The Morgan fingerprint density at radius 3 is 2.23 bits per heavy atom. The van der Waals surface area contributed by atoms with Gasteiger partial charge in [0.2, 0.25) is 0 Å². The molecule has 1 aromatic rings. The molecule has 1 atom stereocenters. The third-order valence-electron chi connectivity index (χ3n) is 1.82. The van der Waals surface area contributed by atoms with Crippen molar-refractivity contribution in [2.24, 2.45) is 0 Å². The van der Waals surface area contributed by atoms with Gasteiger partial charge in [0.15, 0.2) is 0 Å². The maximum atomic E-state index is 9.09. The van der Waals surface area contributed by atoms with Gasteiger partial charge in [-0.1, -0.05) is 6.07 Å². The van der Waals surface area contributed by atoms with Crippen LogP contribution in [0, 0.1) is 13.8 Å². The number of rotatable bonds is 3. The van der Waals surface area contributed by atoms with E-state index in [0.717, 1.165) is 5.69 Å². The molecule has 0 spiro atoms. The number of hydrogen-bond acceptors (Lipinski definition) is 2. The van der Waals surface area contributed by atoms with Crippen LogP contribution in [0.2, 0.25) is 0 Å². The zero-order valence-corrected chi connectivity index (χ0v) is 8.46. The number of hydrogen-bond donors (Lipinski definition) is 2. The van der Waals surface area contributed by atoms with Crippen LogP contribution >= 0.6 is 0 Å². The summed E-state index contributed by atoms with van der Waals surface area (Å²) in [6.07, 6.45) is -0.305. The van der Waals surface area contributed by atoms with Gasteiger partial charge in [0.05, 0.1) is 6.10 Å². The van der Waals surface area contributed by atoms with E-state index in [1.165, 1.54) is 11.1 Å². The van der Waals surface area contributed by atoms with Crippen molar-refractivity contribution < 1.29 is 5.11 Å². The molecule has 0 aromatic heterocycles. The number of aliphatic hydroxyl groups is 1. The molecular formula is C11H17NO. The summed E-state index contributed by atoms with van der Waals surface area (Å²) in [4.78, 5) is 0. The van der Waals surface area contributed by atoms with E-state index < -0.39 is 0 Å². The van der Waals surface area contributed by atoms with Crippen LogP contribution in [0.15, 0.2) is 18.2 Å². The van der Waals surface area contributed by atoms with Crippen LogP contribution in [0.1, 0.15) is 18.1 Å². The molecule has 2 N–H and O–H groups in total. The quantitative estimate of drug-likeness (QED) is 0.744. The standard InChI is InChI=1S/C11H17NO/c1-8-4-9(2)6-11(5-8)12-7-10(3)13/h4-6,10,12-13H,7H2,1-3H3/t10-/m1/s1. The molecule has 0 unspecified atom stereocenters. The third-order valence-corrected chi connectivity index (χ3v) is 1.82. The summed E-state index contributed by atoms with van der Waals surface area (Å²) in [6, 6.07) is 6.29. The summed E-state index contributed by atoms with van der Waals surface area (Å²) in [6.45, 7) is 6.51. The minimum Gasteiger partial charge on any atom is -0.392 e. The van der Waals surface area contributed by atoms with Crippen molar-refractivity contribution in [3.8, 4) is 0 Å². The van der Waals surface area contributed by atoms with E-state index >= 15 is 0 Å². The largest absolute Gasteiger partial charge is 0.392 e. The average molecular weight is 179 g/mol. The number of anilines is 1. The summed E-state index contributed by atoms with van der Waals surface area (Å²) >= 11 is 0. The van der Waals surface area contributed by atoms with Crippen LogP contribution in [0.25, 0.3) is 0 Å². The van der Waals surface area contributed by atoms with Gasteiger partial charge in [-0.05, 0) is 44.0 Å². The van der Waals surface area contributed by atoms with Crippen molar-refractivity contribution in [1.82, 2.24) is 0 Å². The Kier molecular flexibility index (Phi) is 3.32. The number of aliphatic hydroxyl groups excluding tert-OH is 1. The molecule has 0 fully saturated rings. The molecular weight excluding hydrogens is 162 g/mol. The number of aryl methyl sites for hydroxylation is 2. The molecule has 0 aliphatic rings. The molecule has 0 radical (unpaired) electrons. The fraction of sp³-hybridized carbons (Fsp3) is 0.455. The highest BCUT2D eigenvalue weighted by Gasteiger charge is 1.97. The minimum atomic E-state index is -0.305. The molecule has 2 nitrogen and oxygen atoms in total. The molecule has 72 valence electrons. The Hall–Kier alpha value is -1.02. The van der Waals surface area contributed by atoms with Crippen molar-refractivity contribution in [3.05, 3.63) is 29.3 Å². The molecule has 0 bridgehead atoms. The lowest BCUT2D eigenvalue weighted by Gasteiger charge is -2.09. The Morgan fingerprint density at radius 1 is 1.23 bits per heavy atom. The highest BCUT2D eigenvalue weighted by atomic mass is 16.3. The monoisotopic (exact) mass is 179 g/mol. The van der Waals surface area contributed by atoms with Crippen LogP contribution < -0.4 is 5.32 Å². The van der Waals surface area contributed by atoms with E-state index in [4.69, 9.17) is 5.11 Å². The smallest absolute Gasteiger partial charge is 0.0684 e.